The number of sulfonamides is 1. The monoisotopic (exact) mass is 603 g/mol. The van der Waals surface area contributed by atoms with Gasteiger partial charge in [-0.15, -0.1) is 0 Å². The molecule has 0 aliphatic carbocycles. The van der Waals surface area contributed by atoms with Gasteiger partial charge in [0.25, 0.3) is 10.0 Å². The van der Waals surface area contributed by atoms with Crippen molar-refractivity contribution in [3.8, 4) is 0 Å². The molecule has 0 saturated heterocycles. The van der Waals surface area contributed by atoms with Crippen molar-refractivity contribution in [2.45, 2.75) is 64.1 Å². The van der Waals surface area contributed by atoms with Crippen molar-refractivity contribution in [3.05, 3.63) is 94.0 Å². The summed E-state index contributed by atoms with van der Waals surface area (Å²) < 4.78 is 28.8. The Hall–Kier alpha value is -3.07. The molecule has 214 valence electrons. The van der Waals surface area contributed by atoms with Gasteiger partial charge in [-0.05, 0) is 74.2 Å². The number of amides is 2. The van der Waals surface area contributed by atoms with Crippen LogP contribution in [0.3, 0.4) is 0 Å². The zero-order chi connectivity index (χ0) is 29.4. The minimum atomic E-state index is -4.12. The van der Waals surface area contributed by atoms with Gasteiger partial charge in [0.1, 0.15) is 12.6 Å². The molecular formula is C30H35Cl2N3O4S. The highest BCUT2D eigenvalue weighted by Crippen LogP contribution is 2.27. The smallest absolute Gasteiger partial charge is 0.264 e. The molecule has 0 aliphatic rings. The number of nitrogens with one attached hydrogen (secondary N) is 1. The Bertz CT molecular complexity index is 1410. The number of benzene rings is 3. The van der Waals surface area contributed by atoms with Gasteiger partial charge in [-0.2, -0.15) is 0 Å². The van der Waals surface area contributed by atoms with Crippen LogP contribution in [0.15, 0.2) is 77.7 Å². The fourth-order valence-electron chi connectivity index (χ4n) is 4.28. The number of hydrogen-bond acceptors (Lipinski definition) is 4. The lowest BCUT2D eigenvalue weighted by molar-refractivity contribution is -0.140. The molecule has 1 atom stereocenters. The SMILES string of the molecule is CCc1ccc(N(CC(=O)N(Cc2ccc(Cl)cc2Cl)[C@H](CC)C(=O)NC(C)C)S(=O)(=O)c2ccccc2)cc1. The van der Waals surface area contributed by atoms with E-state index in [1.165, 1.54) is 17.0 Å². The summed E-state index contributed by atoms with van der Waals surface area (Å²) in [4.78, 5) is 28.7. The normalized spacial score (nSPS) is 12.2. The first kappa shape index (κ1) is 31.5. The van der Waals surface area contributed by atoms with Crippen molar-refractivity contribution in [3.63, 3.8) is 0 Å². The van der Waals surface area contributed by atoms with E-state index in [1.807, 2.05) is 32.9 Å². The fourth-order valence-corrected chi connectivity index (χ4v) is 6.18. The minimum Gasteiger partial charge on any atom is -0.352 e. The highest BCUT2D eigenvalue weighted by atomic mass is 35.5. The van der Waals surface area contributed by atoms with Gasteiger partial charge in [-0.25, -0.2) is 8.42 Å². The van der Waals surface area contributed by atoms with Gasteiger partial charge in [0.2, 0.25) is 11.8 Å². The minimum absolute atomic E-state index is 0.00709. The molecule has 0 saturated carbocycles. The van der Waals surface area contributed by atoms with Gasteiger partial charge >= 0.3 is 0 Å². The third-order valence-electron chi connectivity index (χ3n) is 6.42. The van der Waals surface area contributed by atoms with Gasteiger partial charge in [0.15, 0.2) is 0 Å². The number of nitrogens with zero attached hydrogens (tertiary/aromatic N) is 2. The van der Waals surface area contributed by atoms with Crippen LogP contribution in [0.1, 0.15) is 45.2 Å². The molecule has 0 heterocycles. The zero-order valence-electron chi connectivity index (χ0n) is 23.1. The lowest BCUT2D eigenvalue weighted by Crippen LogP contribution is -2.53. The summed E-state index contributed by atoms with van der Waals surface area (Å²) in [5.74, 6) is -0.878. The number of rotatable bonds is 12. The number of aryl methyl sites for hydroxylation is 1. The third kappa shape index (κ3) is 7.77. The maximum absolute atomic E-state index is 14.1. The third-order valence-corrected chi connectivity index (χ3v) is 8.79. The second-order valence-corrected chi connectivity index (χ2v) is 12.4. The maximum atomic E-state index is 14.1. The topological polar surface area (TPSA) is 86.8 Å². The van der Waals surface area contributed by atoms with Crippen LogP contribution in [0.2, 0.25) is 10.0 Å². The first-order chi connectivity index (χ1) is 19.0. The van der Waals surface area contributed by atoms with E-state index in [9.17, 15) is 18.0 Å². The van der Waals surface area contributed by atoms with E-state index < -0.39 is 28.5 Å². The number of halogens is 2. The van der Waals surface area contributed by atoms with Crippen LogP contribution in [0.4, 0.5) is 5.69 Å². The summed E-state index contributed by atoms with van der Waals surface area (Å²) in [5, 5.41) is 3.65. The van der Waals surface area contributed by atoms with Crippen LogP contribution in [0, 0.1) is 0 Å². The van der Waals surface area contributed by atoms with Crippen molar-refractivity contribution in [2.75, 3.05) is 10.8 Å². The van der Waals surface area contributed by atoms with E-state index in [4.69, 9.17) is 23.2 Å². The van der Waals surface area contributed by atoms with Crippen molar-refractivity contribution in [1.82, 2.24) is 10.2 Å². The molecule has 0 bridgehead atoms. The fraction of sp³-hybridized carbons (Fsp3) is 0.333. The highest BCUT2D eigenvalue weighted by Gasteiger charge is 2.34. The van der Waals surface area contributed by atoms with E-state index in [2.05, 4.69) is 5.32 Å². The summed E-state index contributed by atoms with van der Waals surface area (Å²) in [6.45, 7) is 6.95. The summed E-state index contributed by atoms with van der Waals surface area (Å²) >= 11 is 12.5. The van der Waals surface area contributed by atoms with Crippen LogP contribution in [-0.4, -0.2) is 43.8 Å². The van der Waals surface area contributed by atoms with Crippen molar-refractivity contribution in [2.24, 2.45) is 0 Å². The lowest BCUT2D eigenvalue weighted by atomic mass is 10.1. The second kappa shape index (κ2) is 14.0. The van der Waals surface area contributed by atoms with Gasteiger partial charge in [0, 0.05) is 22.6 Å². The molecule has 2 amide bonds. The van der Waals surface area contributed by atoms with Crippen LogP contribution in [0.5, 0.6) is 0 Å². The Balaban J connectivity index is 2.08. The van der Waals surface area contributed by atoms with Crippen molar-refractivity contribution < 1.29 is 18.0 Å². The molecule has 0 unspecified atom stereocenters. The van der Waals surface area contributed by atoms with E-state index in [0.717, 1.165) is 16.3 Å². The summed E-state index contributed by atoms with van der Waals surface area (Å²) in [6.07, 6.45) is 1.09. The Kier molecular flexibility index (Phi) is 11.0. The number of hydrogen-bond donors (Lipinski definition) is 1. The molecule has 3 aromatic carbocycles. The molecule has 10 heteroatoms. The standard InChI is InChI=1S/C30H35Cl2N3O4S/c1-5-22-12-16-25(17-13-22)35(40(38,39)26-10-8-7-9-11-26)20-29(36)34(28(6-2)30(37)33-21(3)4)19-23-14-15-24(31)18-27(23)32/h7-18,21,28H,5-6,19-20H2,1-4H3,(H,33,37)/t28-/m1/s1. The van der Waals surface area contributed by atoms with Gasteiger partial charge in [-0.3, -0.25) is 13.9 Å². The molecule has 0 aromatic heterocycles. The maximum Gasteiger partial charge on any atom is 0.264 e. The van der Waals surface area contributed by atoms with Crippen molar-refractivity contribution in [1.29, 1.82) is 0 Å². The molecule has 3 aromatic rings. The lowest BCUT2D eigenvalue weighted by Gasteiger charge is -2.33. The Morgan fingerprint density at radius 3 is 2.12 bits per heavy atom. The average molecular weight is 605 g/mol. The molecule has 0 aliphatic heterocycles. The van der Waals surface area contributed by atoms with Crippen LogP contribution in [-0.2, 0) is 32.6 Å². The summed E-state index contributed by atoms with van der Waals surface area (Å²) in [5.41, 5.74) is 1.96. The molecule has 1 N–H and O–H groups in total. The number of carbonyl (C=O) groups is 2. The first-order valence-corrected chi connectivity index (χ1v) is 15.4. The van der Waals surface area contributed by atoms with Crippen molar-refractivity contribution >= 4 is 50.7 Å². The van der Waals surface area contributed by atoms with E-state index in [0.29, 0.717) is 27.7 Å². The van der Waals surface area contributed by atoms with Gasteiger partial charge in [0.05, 0.1) is 10.6 Å². The highest BCUT2D eigenvalue weighted by molar-refractivity contribution is 7.92. The molecular weight excluding hydrogens is 569 g/mol. The Morgan fingerprint density at radius 1 is 0.925 bits per heavy atom. The Morgan fingerprint density at radius 2 is 1.57 bits per heavy atom. The molecule has 3 rings (SSSR count). The zero-order valence-corrected chi connectivity index (χ0v) is 25.4. The van der Waals surface area contributed by atoms with Crippen LogP contribution < -0.4 is 9.62 Å². The number of carbonyl (C=O) groups excluding carboxylic acids is 2. The van der Waals surface area contributed by atoms with Crippen LogP contribution in [0.25, 0.3) is 0 Å². The molecule has 0 fully saturated rings. The van der Waals surface area contributed by atoms with Gasteiger partial charge in [-0.1, -0.05) is 73.4 Å². The van der Waals surface area contributed by atoms with Crippen LogP contribution >= 0.6 is 23.2 Å². The molecule has 0 spiro atoms. The first-order valence-electron chi connectivity index (χ1n) is 13.2. The largest absolute Gasteiger partial charge is 0.352 e. The number of anilines is 1. The van der Waals surface area contributed by atoms with E-state index in [-0.39, 0.29) is 23.4 Å². The molecule has 7 nitrogen and oxygen atoms in total. The van der Waals surface area contributed by atoms with E-state index in [1.54, 1.807) is 55.5 Å². The predicted molar refractivity (Wildman–Crippen MR) is 161 cm³/mol. The average Bonchev–Trinajstić information content (AvgIpc) is 2.92. The second-order valence-electron chi connectivity index (χ2n) is 9.69. The van der Waals surface area contributed by atoms with Gasteiger partial charge < -0.3 is 10.2 Å². The van der Waals surface area contributed by atoms with E-state index >= 15 is 0 Å². The predicted octanol–water partition coefficient (Wildman–Crippen LogP) is 6.08. The molecule has 0 radical (unpaired) electrons. The quantitative estimate of drug-likeness (QED) is 0.272. The summed E-state index contributed by atoms with van der Waals surface area (Å²) in [7, 11) is -4.12. The molecule has 40 heavy (non-hydrogen) atoms. The summed E-state index contributed by atoms with van der Waals surface area (Å²) in [6, 6.07) is 18.9. The Labute approximate surface area is 247 Å².